The minimum Gasteiger partial charge on any atom is -0.348 e. The van der Waals surface area contributed by atoms with Crippen LogP contribution in [-0.4, -0.2) is 43.5 Å². The zero-order valence-corrected chi connectivity index (χ0v) is 12.5. The Morgan fingerprint density at radius 1 is 1.63 bits per heavy atom. The standard InChI is InChI=1S/C14H23N3OS/c1-11(13-6-4-8-19-13)16-14(18)10-17-7-3-5-12(17)9-15-2/h4,6,8,11-12,15H,3,5,7,9-10H2,1-2H3,(H,16,18). The van der Waals surface area contributed by atoms with Gasteiger partial charge in [-0.05, 0) is 44.8 Å². The molecule has 2 heterocycles. The molecule has 0 bridgehead atoms. The second-order valence-electron chi connectivity index (χ2n) is 5.13. The van der Waals surface area contributed by atoms with Crippen molar-refractivity contribution in [3.63, 3.8) is 0 Å². The molecule has 0 spiro atoms. The largest absolute Gasteiger partial charge is 0.348 e. The van der Waals surface area contributed by atoms with Gasteiger partial charge in [0.1, 0.15) is 0 Å². The van der Waals surface area contributed by atoms with Gasteiger partial charge in [0, 0.05) is 17.5 Å². The van der Waals surface area contributed by atoms with Crippen molar-refractivity contribution in [2.24, 2.45) is 0 Å². The lowest BCUT2D eigenvalue weighted by Crippen LogP contribution is -2.43. The predicted molar refractivity (Wildman–Crippen MR) is 79.4 cm³/mol. The van der Waals surface area contributed by atoms with Crippen LogP contribution in [0.4, 0.5) is 0 Å². The Morgan fingerprint density at radius 2 is 2.47 bits per heavy atom. The van der Waals surface area contributed by atoms with Gasteiger partial charge >= 0.3 is 0 Å². The minimum absolute atomic E-state index is 0.109. The summed E-state index contributed by atoms with van der Waals surface area (Å²) in [4.78, 5) is 15.6. The molecule has 2 unspecified atom stereocenters. The normalized spacial score (nSPS) is 21.5. The first-order valence-corrected chi connectivity index (χ1v) is 7.80. The molecule has 1 saturated heterocycles. The van der Waals surface area contributed by atoms with Crippen molar-refractivity contribution in [1.82, 2.24) is 15.5 Å². The van der Waals surface area contributed by atoms with Gasteiger partial charge in [-0.15, -0.1) is 11.3 Å². The number of thiophene rings is 1. The highest BCUT2D eigenvalue weighted by Crippen LogP contribution is 2.19. The molecule has 5 heteroatoms. The van der Waals surface area contributed by atoms with Gasteiger partial charge in [-0.2, -0.15) is 0 Å². The van der Waals surface area contributed by atoms with Gasteiger partial charge in [-0.3, -0.25) is 9.69 Å². The molecule has 4 nitrogen and oxygen atoms in total. The molecule has 0 saturated carbocycles. The average molecular weight is 281 g/mol. The number of likely N-dealkylation sites (tertiary alicyclic amines) is 1. The Bertz CT molecular complexity index is 393. The van der Waals surface area contributed by atoms with Crippen LogP contribution in [0.5, 0.6) is 0 Å². The average Bonchev–Trinajstić information content (AvgIpc) is 3.01. The lowest BCUT2D eigenvalue weighted by Gasteiger charge is -2.24. The first-order chi connectivity index (χ1) is 9.20. The fourth-order valence-electron chi connectivity index (χ4n) is 2.65. The molecule has 1 aromatic rings. The topological polar surface area (TPSA) is 44.4 Å². The lowest BCUT2D eigenvalue weighted by atomic mass is 10.2. The zero-order valence-electron chi connectivity index (χ0n) is 11.7. The zero-order chi connectivity index (χ0) is 13.7. The van der Waals surface area contributed by atoms with Crippen LogP contribution in [0.25, 0.3) is 0 Å². The summed E-state index contributed by atoms with van der Waals surface area (Å²) in [5.74, 6) is 0.129. The van der Waals surface area contributed by atoms with Crippen molar-refractivity contribution in [3.8, 4) is 0 Å². The summed E-state index contributed by atoms with van der Waals surface area (Å²) in [6.07, 6.45) is 2.38. The van der Waals surface area contributed by atoms with E-state index in [4.69, 9.17) is 0 Å². The molecule has 19 heavy (non-hydrogen) atoms. The molecule has 2 rings (SSSR count). The molecule has 2 atom stereocenters. The van der Waals surface area contributed by atoms with Gasteiger partial charge in [0.15, 0.2) is 0 Å². The second-order valence-corrected chi connectivity index (χ2v) is 6.11. The van der Waals surface area contributed by atoms with E-state index >= 15 is 0 Å². The van der Waals surface area contributed by atoms with E-state index in [1.165, 1.54) is 17.7 Å². The SMILES string of the molecule is CNCC1CCCN1CC(=O)NC(C)c1cccs1. The molecule has 1 aromatic heterocycles. The summed E-state index contributed by atoms with van der Waals surface area (Å²) in [5.41, 5.74) is 0. The van der Waals surface area contributed by atoms with E-state index in [0.29, 0.717) is 12.6 Å². The Kier molecular flexibility index (Phi) is 5.36. The number of nitrogens with one attached hydrogen (secondary N) is 2. The molecule has 1 fully saturated rings. The molecule has 0 aromatic carbocycles. The molecule has 1 amide bonds. The van der Waals surface area contributed by atoms with Crippen LogP contribution in [0, 0.1) is 0 Å². The third-order valence-corrected chi connectivity index (χ3v) is 4.69. The highest BCUT2D eigenvalue weighted by Gasteiger charge is 2.25. The quantitative estimate of drug-likeness (QED) is 0.832. The summed E-state index contributed by atoms with van der Waals surface area (Å²) in [7, 11) is 1.97. The Morgan fingerprint density at radius 3 is 3.16 bits per heavy atom. The number of likely N-dealkylation sites (N-methyl/N-ethyl adjacent to an activating group) is 1. The van der Waals surface area contributed by atoms with E-state index in [0.717, 1.165) is 13.1 Å². The van der Waals surface area contributed by atoms with E-state index in [1.54, 1.807) is 11.3 Å². The van der Waals surface area contributed by atoms with Gasteiger partial charge in [-0.25, -0.2) is 0 Å². The summed E-state index contributed by atoms with van der Waals surface area (Å²) < 4.78 is 0. The van der Waals surface area contributed by atoms with Crippen LogP contribution < -0.4 is 10.6 Å². The molecule has 0 aliphatic carbocycles. The van der Waals surface area contributed by atoms with E-state index in [1.807, 2.05) is 25.4 Å². The summed E-state index contributed by atoms with van der Waals surface area (Å²) in [6.45, 7) is 4.56. The van der Waals surface area contributed by atoms with E-state index in [-0.39, 0.29) is 11.9 Å². The number of hydrogen-bond donors (Lipinski definition) is 2. The van der Waals surface area contributed by atoms with E-state index in [9.17, 15) is 4.79 Å². The van der Waals surface area contributed by atoms with Crippen LogP contribution in [-0.2, 0) is 4.79 Å². The Hall–Kier alpha value is -0.910. The van der Waals surface area contributed by atoms with Crippen LogP contribution in [0.1, 0.15) is 30.7 Å². The molecular weight excluding hydrogens is 258 g/mol. The second kappa shape index (κ2) is 7.03. The molecule has 106 valence electrons. The molecule has 1 aliphatic rings. The highest BCUT2D eigenvalue weighted by atomic mass is 32.1. The fraction of sp³-hybridized carbons (Fsp3) is 0.643. The molecule has 2 N–H and O–H groups in total. The number of hydrogen-bond acceptors (Lipinski definition) is 4. The summed E-state index contributed by atoms with van der Waals surface area (Å²) >= 11 is 1.69. The molecule has 0 radical (unpaired) electrons. The lowest BCUT2D eigenvalue weighted by molar-refractivity contribution is -0.123. The number of carbonyl (C=O) groups is 1. The smallest absolute Gasteiger partial charge is 0.234 e. The predicted octanol–water partition coefficient (Wildman–Crippen LogP) is 1.61. The minimum atomic E-state index is 0.109. The van der Waals surface area contributed by atoms with Crippen molar-refractivity contribution >= 4 is 17.2 Å². The van der Waals surface area contributed by atoms with Gasteiger partial charge in [0.25, 0.3) is 0 Å². The van der Waals surface area contributed by atoms with Crippen LogP contribution in [0.15, 0.2) is 17.5 Å². The van der Waals surface area contributed by atoms with Gasteiger partial charge < -0.3 is 10.6 Å². The van der Waals surface area contributed by atoms with E-state index < -0.39 is 0 Å². The summed E-state index contributed by atoms with van der Waals surface area (Å²) in [6, 6.07) is 4.70. The Balaban J connectivity index is 1.80. The first kappa shape index (κ1) is 14.5. The van der Waals surface area contributed by atoms with E-state index in [2.05, 4.69) is 21.6 Å². The maximum atomic E-state index is 12.1. The number of amides is 1. The summed E-state index contributed by atoms with van der Waals surface area (Å²) in [5, 5.41) is 8.33. The van der Waals surface area contributed by atoms with Gasteiger partial charge in [-0.1, -0.05) is 6.07 Å². The number of nitrogens with zero attached hydrogens (tertiary/aromatic N) is 1. The van der Waals surface area contributed by atoms with Crippen LogP contribution in [0.2, 0.25) is 0 Å². The van der Waals surface area contributed by atoms with Crippen molar-refractivity contribution in [2.45, 2.75) is 31.8 Å². The fourth-order valence-corrected chi connectivity index (χ4v) is 3.38. The third-order valence-electron chi connectivity index (χ3n) is 3.63. The first-order valence-electron chi connectivity index (χ1n) is 6.92. The monoisotopic (exact) mass is 281 g/mol. The maximum absolute atomic E-state index is 12.1. The van der Waals surface area contributed by atoms with Crippen molar-refractivity contribution in [2.75, 3.05) is 26.7 Å². The molecule has 1 aliphatic heterocycles. The number of carbonyl (C=O) groups excluding carboxylic acids is 1. The van der Waals surface area contributed by atoms with Gasteiger partial charge in [0.2, 0.25) is 5.91 Å². The van der Waals surface area contributed by atoms with Crippen molar-refractivity contribution in [1.29, 1.82) is 0 Å². The number of rotatable bonds is 6. The van der Waals surface area contributed by atoms with Crippen molar-refractivity contribution < 1.29 is 4.79 Å². The van der Waals surface area contributed by atoms with Gasteiger partial charge in [0.05, 0.1) is 12.6 Å². The third kappa shape index (κ3) is 4.03. The van der Waals surface area contributed by atoms with Crippen LogP contribution >= 0.6 is 11.3 Å². The maximum Gasteiger partial charge on any atom is 0.234 e. The highest BCUT2D eigenvalue weighted by molar-refractivity contribution is 7.10. The van der Waals surface area contributed by atoms with Crippen molar-refractivity contribution in [3.05, 3.63) is 22.4 Å². The Labute approximate surface area is 119 Å². The molecular formula is C14H23N3OS. The van der Waals surface area contributed by atoms with Crippen LogP contribution in [0.3, 0.4) is 0 Å².